The number of ether oxygens (including phenoxy) is 1. The number of nitrogens with zero attached hydrogens (tertiary/aromatic N) is 2. The summed E-state index contributed by atoms with van der Waals surface area (Å²) >= 11 is 0. The van der Waals surface area contributed by atoms with E-state index in [1.165, 1.54) is 0 Å². The Morgan fingerprint density at radius 1 is 1.28 bits per heavy atom. The van der Waals surface area contributed by atoms with Gasteiger partial charge in [-0.2, -0.15) is 0 Å². The van der Waals surface area contributed by atoms with E-state index in [0.29, 0.717) is 18.9 Å². The molecule has 1 amide bonds. The Hall–Kier alpha value is -0.650. The number of hydrogen-bond acceptors (Lipinski definition) is 4. The molecular formula is C13H29N3O2. The molecule has 0 aliphatic carbocycles. The predicted octanol–water partition coefficient (Wildman–Crippen LogP) is 0.396. The highest BCUT2D eigenvalue weighted by Gasteiger charge is 2.19. The summed E-state index contributed by atoms with van der Waals surface area (Å²) < 4.78 is 5.17. The third-order valence-corrected chi connectivity index (χ3v) is 2.75. The lowest BCUT2D eigenvalue weighted by molar-refractivity contribution is -0.134. The van der Waals surface area contributed by atoms with E-state index in [-0.39, 0.29) is 12.0 Å². The maximum Gasteiger partial charge on any atom is 0.225 e. The van der Waals surface area contributed by atoms with Crippen molar-refractivity contribution in [2.45, 2.75) is 26.4 Å². The van der Waals surface area contributed by atoms with Crippen molar-refractivity contribution >= 4 is 5.91 Å². The number of rotatable bonds is 9. The van der Waals surface area contributed by atoms with Crippen molar-refractivity contribution in [1.29, 1.82) is 0 Å². The highest BCUT2D eigenvalue weighted by molar-refractivity contribution is 5.76. The van der Waals surface area contributed by atoms with E-state index in [9.17, 15) is 4.79 Å². The molecule has 0 saturated carbocycles. The van der Waals surface area contributed by atoms with Gasteiger partial charge in [-0.3, -0.25) is 4.79 Å². The first-order valence-electron chi connectivity index (χ1n) is 6.56. The summed E-state index contributed by atoms with van der Waals surface area (Å²) in [5.41, 5.74) is 5.55. The summed E-state index contributed by atoms with van der Waals surface area (Å²) in [6.07, 6.45) is 0.194. The zero-order valence-electron chi connectivity index (χ0n) is 12.5. The zero-order valence-corrected chi connectivity index (χ0v) is 12.5. The molecule has 0 radical (unpaired) electrons. The maximum absolute atomic E-state index is 12.2. The molecule has 0 aromatic carbocycles. The molecule has 0 rings (SSSR count). The molecule has 5 nitrogen and oxygen atoms in total. The summed E-state index contributed by atoms with van der Waals surface area (Å²) in [5, 5.41) is 0. The Labute approximate surface area is 111 Å². The van der Waals surface area contributed by atoms with E-state index in [2.05, 4.69) is 18.7 Å². The topological polar surface area (TPSA) is 58.8 Å². The van der Waals surface area contributed by atoms with Gasteiger partial charge in [-0.25, -0.2) is 0 Å². The Kier molecular flexibility index (Phi) is 8.97. The van der Waals surface area contributed by atoms with Crippen molar-refractivity contribution < 1.29 is 9.53 Å². The normalized spacial score (nSPS) is 13.1. The van der Waals surface area contributed by atoms with E-state index in [1.54, 1.807) is 7.11 Å². The van der Waals surface area contributed by atoms with Crippen LogP contribution in [0.15, 0.2) is 0 Å². The number of amides is 1. The van der Waals surface area contributed by atoms with E-state index in [1.807, 2.05) is 19.0 Å². The lowest BCUT2D eigenvalue weighted by Crippen LogP contribution is -2.41. The van der Waals surface area contributed by atoms with Gasteiger partial charge in [0.05, 0.1) is 12.5 Å². The molecule has 0 aromatic rings. The van der Waals surface area contributed by atoms with Crippen LogP contribution in [0.4, 0.5) is 0 Å². The average molecular weight is 259 g/mol. The highest BCUT2D eigenvalue weighted by Crippen LogP contribution is 2.05. The Morgan fingerprint density at radius 3 is 2.28 bits per heavy atom. The molecule has 0 heterocycles. The number of hydrogen-bond donors (Lipinski definition) is 1. The number of methoxy groups -OCH3 is 1. The average Bonchev–Trinajstić information content (AvgIpc) is 2.30. The summed E-state index contributed by atoms with van der Waals surface area (Å²) in [7, 11) is 5.61. The molecule has 0 aliphatic heterocycles. The smallest absolute Gasteiger partial charge is 0.225 e. The van der Waals surface area contributed by atoms with Crippen LogP contribution < -0.4 is 5.73 Å². The van der Waals surface area contributed by atoms with Crippen LogP contribution in [0.5, 0.6) is 0 Å². The van der Waals surface area contributed by atoms with Gasteiger partial charge in [-0.15, -0.1) is 0 Å². The SMILES string of the molecule is COC(CN)CC(=O)N(CCN(C)C)CC(C)C. The van der Waals surface area contributed by atoms with Crippen molar-refractivity contribution in [1.82, 2.24) is 9.80 Å². The highest BCUT2D eigenvalue weighted by atomic mass is 16.5. The standard InChI is InChI=1S/C13H29N3O2/c1-11(2)10-16(7-6-15(3)4)13(17)8-12(9-14)18-5/h11-12H,6-10,14H2,1-5H3. The molecule has 0 bridgehead atoms. The molecule has 0 saturated heterocycles. The van der Waals surface area contributed by atoms with Gasteiger partial charge in [0.15, 0.2) is 0 Å². The second kappa shape index (κ2) is 9.30. The number of likely N-dealkylation sites (N-methyl/N-ethyl adjacent to an activating group) is 1. The first-order valence-corrected chi connectivity index (χ1v) is 6.56. The van der Waals surface area contributed by atoms with Gasteiger partial charge in [0.1, 0.15) is 0 Å². The molecule has 1 atom stereocenters. The van der Waals surface area contributed by atoms with Crippen molar-refractivity contribution in [3.8, 4) is 0 Å². The van der Waals surface area contributed by atoms with Crippen molar-refractivity contribution in [2.24, 2.45) is 11.7 Å². The summed E-state index contributed by atoms with van der Waals surface area (Å²) in [6, 6.07) is 0. The minimum absolute atomic E-state index is 0.128. The van der Waals surface area contributed by atoms with Crippen LogP contribution in [0.3, 0.4) is 0 Å². The minimum atomic E-state index is -0.175. The van der Waals surface area contributed by atoms with Crippen LogP contribution in [0.25, 0.3) is 0 Å². The summed E-state index contributed by atoms with van der Waals surface area (Å²) in [5.74, 6) is 0.595. The predicted molar refractivity (Wildman–Crippen MR) is 74.4 cm³/mol. The molecule has 1 unspecified atom stereocenters. The van der Waals surface area contributed by atoms with Gasteiger partial charge in [-0.1, -0.05) is 13.8 Å². The monoisotopic (exact) mass is 259 g/mol. The van der Waals surface area contributed by atoms with Crippen molar-refractivity contribution in [2.75, 3.05) is 47.4 Å². The first-order chi connectivity index (χ1) is 8.40. The summed E-state index contributed by atoms with van der Waals surface area (Å²) in [4.78, 5) is 16.2. The van der Waals surface area contributed by atoms with Crippen molar-refractivity contribution in [3.63, 3.8) is 0 Å². The molecule has 5 heteroatoms. The van der Waals surface area contributed by atoms with E-state index in [4.69, 9.17) is 10.5 Å². The van der Waals surface area contributed by atoms with E-state index < -0.39 is 0 Å². The third kappa shape index (κ3) is 7.63. The number of carbonyl (C=O) groups excluding carboxylic acids is 1. The maximum atomic E-state index is 12.2. The molecule has 0 aliphatic rings. The fourth-order valence-electron chi connectivity index (χ4n) is 1.67. The zero-order chi connectivity index (χ0) is 14.1. The van der Waals surface area contributed by atoms with Crippen LogP contribution in [0, 0.1) is 5.92 Å². The van der Waals surface area contributed by atoms with Gasteiger partial charge in [0.2, 0.25) is 5.91 Å². The second-order valence-electron chi connectivity index (χ2n) is 5.33. The Balaban J connectivity index is 4.38. The molecule has 0 fully saturated rings. The summed E-state index contributed by atoms with van der Waals surface area (Å²) in [6.45, 7) is 7.03. The van der Waals surface area contributed by atoms with Gasteiger partial charge < -0.3 is 20.3 Å². The Morgan fingerprint density at radius 2 is 1.89 bits per heavy atom. The van der Waals surface area contributed by atoms with Crippen LogP contribution >= 0.6 is 0 Å². The van der Waals surface area contributed by atoms with Gasteiger partial charge >= 0.3 is 0 Å². The molecule has 18 heavy (non-hydrogen) atoms. The van der Waals surface area contributed by atoms with E-state index >= 15 is 0 Å². The fraction of sp³-hybridized carbons (Fsp3) is 0.923. The van der Waals surface area contributed by atoms with Gasteiger partial charge in [0.25, 0.3) is 0 Å². The van der Waals surface area contributed by atoms with Crippen LogP contribution in [0.1, 0.15) is 20.3 Å². The first kappa shape index (κ1) is 17.4. The third-order valence-electron chi connectivity index (χ3n) is 2.75. The largest absolute Gasteiger partial charge is 0.380 e. The molecule has 0 spiro atoms. The number of nitrogens with two attached hydrogens (primary N) is 1. The van der Waals surface area contributed by atoms with E-state index in [0.717, 1.165) is 19.6 Å². The van der Waals surface area contributed by atoms with Crippen molar-refractivity contribution in [3.05, 3.63) is 0 Å². The minimum Gasteiger partial charge on any atom is -0.380 e. The Bertz CT molecular complexity index is 228. The lowest BCUT2D eigenvalue weighted by atomic mass is 10.1. The molecule has 2 N–H and O–H groups in total. The second-order valence-corrected chi connectivity index (χ2v) is 5.33. The molecule has 0 aromatic heterocycles. The van der Waals surface area contributed by atoms with Gasteiger partial charge in [-0.05, 0) is 20.0 Å². The quantitative estimate of drug-likeness (QED) is 0.651. The van der Waals surface area contributed by atoms with Crippen LogP contribution in [0.2, 0.25) is 0 Å². The molecule has 108 valence electrons. The number of carbonyl (C=O) groups is 1. The van der Waals surface area contributed by atoms with Gasteiger partial charge in [0, 0.05) is 33.3 Å². The van der Waals surface area contributed by atoms with Crippen LogP contribution in [-0.2, 0) is 9.53 Å². The van der Waals surface area contributed by atoms with Crippen LogP contribution in [-0.4, -0.2) is 69.2 Å². The molecular weight excluding hydrogens is 230 g/mol. The lowest BCUT2D eigenvalue weighted by Gasteiger charge is -2.27. The fourth-order valence-corrected chi connectivity index (χ4v) is 1.67.